The van der Waals surface area contributed by atoms with Crippen LogP contribution < -0.4 is 0 Å². The smallest absolute Gasteiger partial charge is 0.146 e. The highest BCUT2D eigenvalue weighted by Crippen LogP contribution is 2.11. The average Bonchev–Trinajstić information content (AvgIpc) is 2.13. The Morgan fingerprint density at radius 2 is 2.33 bits per heavy atom. The van der Waals surface area contributed by atoms with E-state index in [-0.39, 0.29) is 0 Å². The molecule has 9 heavy (non-hydrogen) atoms. The number of rotatable bonds is 1. The fourth-order valence-electron chi connectivity index (χ4n) is 0.988. The first-order chi connectivity index (χ1) is 4.43. The molecule has 0 amide bonds. The van der Waals surface area contributed by atoms with E-state index in [4.69, 9.17) is 9.47 Å². The number of hydrogen-bond acceptors (Lipinski definition) is 2. The molecule has 0 saturated carbocycles. The third-order valence-corrected chi connectivity index (χ3v) is 1.77. The molecule has 1 rings (SSSR count). The normalized spacial score (nSPS) is 29.7. The van der Waals surface area contributed by atoms with Crippen molar-refractivity contribution in [2.75, 3.05) is 20.0 Å². The predicted molar refractivity (Wildman–Crippen MR) is 35.2 cm³/mol. The van der Waals surface area contributed by atoms with Crippen LogP contribution in [0.5, 0.6) is 0 Å². The molecule has 0 aromatic rings. The van der Waals surface area contributed by atoms with Crippen LogP contribution in [0.25, 0.3) is 0 Å². The van der Waals surface area contributed by atoms with Crippen molar-refractivity contribution in [3.8, 4) is 0 Å². The second kappa shape index (κ2) is 3.85. The molecule has 0 bridgehead atoms. The molecule has 1 fully saturated rings. The van der Waals surface area contributed by atoms with Crippen LogP contribution in [0.1, 0.15) is 19.8 Å². The Morgan fingerprint density at radius 1 is 1.44 bits per heavy atom. The van der Waals surface area contributed by atoms with Gasteiger partial charge in [0.25, 0.3) is 0 Å². The van der Waals surface area contributed by atoms with Crippen LogP contribution >= 0.6 is 0 Å². The lowest BCUT2D eigenvalue weighted by atomic mass is 10.1. The summed E-state index contributed by atoms with van der Waals surface area (Å²) in [4.78, 5) is 0. The molecule has 2 nitrogen and oxygen atoms in total. The van der Waals surface area contributed by atoms with Gasteiger partial charge in [0.15, 0.2) is 0 Å². The van der Waals surface area contributed by atoms with Crippen molar-refractivity contribution in [3.05, 3.63) is 0 Å². The highest BCUT2D eigenvalue weighted by Gasteiger charge is 2.09. The minimum Gasteiger partial charge on any atom is -0.355 e. The Morgan fingerprint density at radius 3 is 3.11 bits per heavy atom. The highest BCUT2D eigenvalue weighted by atomic mass is 16.7. The Bertz CT molecular complexity index is 65.3. The summed E-state index contributed by atoms with van der Waals surface area (Å²) < 4.78 is 10.3. The van der Waals surface area contributed by atoms with Crippen molar-refractivity contribution in [3.63, 3.8) is 0 Å². The van der Waals surface area contributed by atoms with E-state index < -0.39 is 0 Å². The standard InChI is InChI=1S/C7H14O2/c1-2-7-3-4-8-6-9-5-7/h7H,2-6H2,1H3. The molecule has 1 aliphatic heterocycles. The lowest BCUT2D eigenvalue weighted by molar-refractivity contribution is -0.0354. The molecule has 54 valence electrons. The predicted octanol–water partition coefficient (Wildman–Crippen LogP) is 1.41. The van der Waals surface area contributed by atoms with Crippen LogP contribution in [0.3, 0.4) is 0 Å². The molecule has 0 aliphatic carbocycles. The van der Waals surface area contributed by atoms with Crippen LogP contribution in [0.15, 0.2) is 0 Å². The van der Waals surface area contributed by atoms with Crippen LogP contribution in [-0.2, 0) is 9.47 Å². The maximum absolute atomic E-state index is 5.18. The highest BCUT2D eigenvalue weighted by molar-refractivity contribution is 4.56. The zero-order valence-electron chi connectivity index (χ0n) is 5.93. The van der Waals surface area contributed by atoms with Gasteiger partial charge >= 0.3 is 0 Å². The van der Waals surface area contributed by atoms with E-state index in [0.717, 1.165) is 25.6 Å². The van der Waals surface area contributed by atoms with Crippen LogP contribution in [0.2, 0.25) is 0 Å². The Balaban J connectivity index is 2.18. The second-order valence-electron chi connectivity index (χ2n) is 2.46. The molecule has 2 heteroatoms. The summed E-state index contributed by atoms with van der Waals surface area (Å²) in [6.07, 6.45) is 2.37. The fourth-order valence-corrected chi connectivity index (χ4v) is 0.988. The van der Waals surface area contributed by atoms with Gasteiger partial charge < -0.3 is 9.47 Å². The molecule has 1 atom stereocenters. The van der Waals surface area contributed by atoms with Crippen LogP contribution in [0, 0.1) is 5.92 Å². The minimum atomic E-state index is 0.497. The second-order valence-corrected chi connectivity index (χ2v) is 2.46. The van der Waals surface area contributed by atoms with Crippen molar-refractivity contribution in [1.29, 1.82) is 0 Å². The van der Waals surface area contributed by atoms with Crippen LogP contribution in [0.4, 0.5) is 0 Å². The first kappa shape index (κ1) is 7.03. The van der Waals surface area contributed by atoms with Gasteiger partial charge in [-0.3, -0.25) is 0 Å². The molecular weight excluding hydrogens is 116 g/mol. The molecule has 1 saturated heterocycles. The molecule has 1 heterocycles. The minimum absolute atomic E-state index is 0.497. The van der Waals surface area contributed by atoms with E-state index >= 15 is 0 Å². The summed E-state index contributed by atoms with van der Waals surface area (Å²) in [6.45, 7) is 4.45. The first-order valence-electron chi connectivity index (χ1n) is 3.59. The quantitative estimate of drug-likeness (QED) is 0.534. The molecule has 1 aliphatic rings. The monoisotopic (exact) mass is 130 g/mol. The number of hydrogen-bond donors (Lipinski definition) is 0. The first-order valence-corrected chi connectivity index (χ1v) is 3.59. The van der Waals surface area contributed by atoms with Gasteiger partial charge in [-0.15, -0.1) is 0 Å². The molecule has 1 unspecified atom stereocenters. The van der Waals surface area contributed by atoms with Gasteiger partial charge in [-0.1, -0.05) is 13.3 Å². The van der Waals surface area contributed by atoms with Gasteiger partial charge in [0.1, 0.15) is 6.79 Å². The molecule has 0 radical (unpaired) electrons. The lowest BCUT2D eigenvalue weighted by Gasteiger charge is -2.07. The van der Waals surface area contributed by atoms with E-state index in [1.807, 2.05) is 0 Å². The van der Waals surface area contributed by atoms with Crippen molar-refractivity contribution in [2.45, 2.75) is 19.8 Å². The molecule has 0 N–H and O–H groups in total. The van der Waals surface area contributed by atoms with Crippen molar-refractivity contribution in [2.24, 2.45) is 5.92 Å². The summed E-state index contributed by atoms with van der Waals surface area (Å²) >= 11 is 0. The zero-order chi connectivity index (χ0) is 6.53. The third kappa shape index (κ3) is 2.33. The average molecular weight is 130 g/mol. The van der Waals surface area contributed by atoms with Gasteiger partial charge in [-0.25, -0.2) is 0 Å². The van der Waals surface area contributed by atoms with Gasteiger partial charge in [-0.2, -0.15) is 0 Å². The van der Waals surface area contributed by atoms with E-state index in [9.17, 15) is 0 Å². The Hall–Kier alpha value is -0.0800. The molecule has 0 spiro atoms. The fraction of sp³-hybridized carbons (Fsp3) is 1.00. The SMILES string of the molecule is CCC1CCOCOC1. The Labute approximate surface area is 56.2 Å². The molecule has 0 aromatic heterocycles. The van der Waals surface area contributed by atoms with Crippen molar-refractivity contribution >= 4 is 0 Å². The number of ether oxygens (including phenoxy) is 2. The van der Waals surface area contributed by atoms with Gasteiger partial charge in [0, 0.05) is 6.61 Å². The maximum atomic E-state index is 5.18. The van der Waals surface area contributed by atoms with Gasteiger partial charge in [0.05, 0.1) is 6.61 Å². The lowest BCUT2D eigenvalue weighted by Crippen LogP contribution is -2.05. The van der Waals surface area contributed by atoms with E-state index in [1.54, 1.807) is 0 Å². The van der Waals surface area contributed by atoms with Gasteiger partial charge in [-0.05, 0) is 12.3 Å². The maximum Gasteiger partial charge on any atom is 0.146 e. The largest absolute Gasteiger partial charge is 0.355 e. The summed E-state index contributed by atoms with van der Waals surface area (Å²) in [5, 5.41) is 0. The summed E-state index contributed by atoms with van der Waals surface area (Å²) in [5.74, 6) is 0.729. The molecular formula is C7H14O2. The van der Waals surface area contributed by atoms with E-state index in [0.29, 0.717) is 6.79 Å². The van der Waals surface area contributed by atoms with E-state index in [2.05, 4.69) is 6.92 Å². The summed E-state index contributed by atoms with van der Waals surface area (Å²) in [6, 6.07) is 0. The molecule has 0 aromatic carbocycles. The summed E-state index contributed by atoms with van der Waals surface area (Å²) in [7, 11) is 0. The van der Waals surface area contributed by atoms with Crippen molar-refractivity contribution in [1.82, 2.24) is 0 Å². The summed E-state index contributed by atoms with van der Waals surface area (Å²) in [5.41, 5.74) is 0. The third-order valence-electron chi connectivity index (χ3n) is 1.77. The van der Waals surface area contributed by atoms with Crippen molar-refractivity contribution < 1.29 is 9.47 Å². The van der Waals surface area contributed by atoms with Gasteiger partial charge in [0.2, 0.25) is 0 Å². The van der Waals surface area contributed by atoms with E-state index in [1.165, 1.54) is 6.42 Å². The van der Waals surface area contributed by atoms with Crippen LogP contribution in [-0.4, -0.2) is 20.0 Å². The Kier molecular flexibility index (Phi) is 3.01. The topological polar surface area (TPSA) is 18.5 Å². The zero-order valence-corrected chi connectivity index (χ0v) is 5.93.